The van der Waals surface area contributed by atoms with E-state index < -0.39 is 30.1 Å². The van der Waals surface area contributed by atoms with Crippen molar-refractivity contribution >= 4 is 23.2 Å². The Bertz CT molecular complexity index is 734. The first-order valence-corrected chi connectivity index (χ1v) is 8.27. The lowest BCUT2D eigenvalue weighted by Gasteiger charge is -2.32. The molecule has 1 heterocycles. The SMILES string of the molecule is CCCCC1=NN(C(=O)C(=O)Nc2ccc(OC)cc2)C(O)(C(F)(F)F)C1. The molecule has 148 valence electrons. The number of nitrogens with one attached hydrogen (secondary N) is 1. The number of hydrogen-bond acceptors (Lipinski definition) is 5. The number of amides is 2. The van der Waals surface area contributed by atoms with Crippen molar-refractivity contribution in [1.82, 2.24) is 5.01 Å². The van der Waals surface area contributed by atoms with Crippen LogP contribution in [-0.2, 0) is 9.59 Å². The van der Waals surface area contributed by atoms with Gasteiger partial charge in [-0.3, -0.25) is 9.59 Å². The molecular weight excluding hydrogens is 367 g/mol. The second-order valence-corrected chi connectivity index (χ2v) is 6.06. The third-order valence-corrected chi connectivity index (χ3v) is 4.05. The molecule has 7 nitrogen and oxygen atoms in total. The maximum atomic E-state index is 13.4. The molecule has 0 fully saturated rings. The van der Waals surface area contributed by atoms with Gasteiger partial charge in [0.15, 0.2) is 0 Å². The van der Waals surface area contributed by atoms with Gasteiger partial charge in [0, 0.05) is 17.8 Å². The van der Waals surface area contributed by atoms with E-state index in [1.165, 1.54) is 31.4 Å². The van der Waals surface area contributed by atoms with Crippen molar-refractivity contribution in [2.24, 2.45) is 5.10 Å². The monoisotopic (exact) mass is 387 g/mol. The lowest BCUT2D eigenvalue weighted by molar-refractivity contribution is -0.301. The van der Waals surface area contributed by atoms with Crippen molar-refractivity contribution < 1.29 is 32.6 Å². The van der Waals surface area contributed by atoms with Gasteiger partial charge in [-0.05, 0) is 37.1 Å². The van der Waals surface area contributed by atoms with Crippen LogP contribution in [0.1, 0.15) is 32.6 Å². The van der Waals surface area contributed by atoms with Gasteiger partial charge in [0.1, 0.15) is 5.75 Å². The van der Waals surface area contributed by atoms with Crippen LogP contribution in [0.2, 0.25) is 0 Å². The van der Waals surface area contributed by atoms with Gasteiger partial charge < -0.3 is 15.2 Å². The Morgan fingerprint density at radius 3 is 2.48 bits per heavy atom. The first-order valence-electron chi connectivity index (χ1n) is 8.27. The highest BCUT2D eigenvalue weighted by molar-refractivity contribution is 6.39. The van der Waals surface area contributed by atoms with E-state index >= 15 is 0 Å². The predicted octanol–water partition coefficient (Wildman–Crippen LogP) is 2.66. The van der Waals surface area contributed by atoms with Crippen LogP contribution in [-0.4, -0.2) is 46.7 Å². The minimum atomic E-state index is -5.17. The summed E-state index contributed by atoms with van der Waals surface area (Å²) in [5.74, 6) is -2.45. The van der Waals surface area contributed by atoms with Crippen LogP contribution in [0, 0.1) is 0 Å². The summed E-state index contributed by atoms with van der Waals surface area (Å²) in [7, 11) is 1.44. The van der Waals surface area contributed by atoms with Gasteiger partial charge in [-0.25, -0.2) is 0 Å². The number of aliphatic hydroxyl groups is 1. The zero-order valence-corrected chi connectivity index (χ0v) is 14.8. The van der Waals surface area contributed by atoms with Crippen LogP contribution < -0.4 is 10.1 Å². The van der Waals surface area contributed by atoms with Crippen molar-refractivity contribution in [2.75, 3.05) is 12.4 Å². The van der Waals surface area contributed by atoms with E-state index in [9.17, 15) is 27.9 Å². The topological polar surface area (TPSA) is 91.2 Å². The summed E-state index contributed by atoms with van der Waals surface area (Å²) in [5.41, 5.74) is -3.34. The van der Waals surface area contributed by atoms with E-state index in [1.807, 2.05) is 6.92 Å². The predicted molar refractivity (Wildman–Crippen MR) is 91.1 cm³/mol. The van der Waals surface area contributed by atoms with Crippen molar-refractivity contribution in [3.63, 3.8) is 0 Å². The van der Waals surface area contributed by atoms with E-state index in [1.54, 1.807) is 0 Å². The van der Waals surface area contributed by atoms with Gasteiger partial charge in [0.2, 0.25) is 0 Å². The lowest BCUT2D eigenvalue weighted by atomic mass is 10.0. The Hall–Kier alpha value is -2.62. The molecule has 0 saturated carbocycles. The number of halogens is 3. The molecule has 1 atom stereocenters. The third kappa shape index (κ3) is 4.38. The summed E-state index contributed by atoms with van der Waals surface area (Å²) < 4.78 is 45.0. The fraction of sp³-hybridized carbons (Fsp3) is 0.471. The number of rotatable bonds is 5. The average molecular weight is 387 g/mol. The molecule has 0 spiro atoms. The molecule has 10 heteroatoms. The molecular formula is C17H20F3N3O4. The molecule has 1 unspecified atom stereocenters. The van der Waals surface area contributed by atoms with Crippen molar-refractivity contribution in [3.8, 4) is 5.75 Å². The molecule has 0 aliphatic carbocycles. The highest BCUT2D eigenvalue weighted by Crippen LogP contribution is 2.41. The van der Waals surface area contributed by atoms with Crippen molar-refractivity contribution in [2.45, 2.75) is 44.5 Å². The highest BCUT2D eigenvalue weighted by Gasteiger charge is 2.63. The van der Waals surface area contributed by atoms with Gasteiger partial charge in [-0.1, -0.05) is 13.3 Å². The number of nitrogens with zero attached hydrogens (tertiary/aromatic N) is 2. The second kappa shape index (κ2) is 7.95. The summed E-state index contributed by atoms with van der Waals surface area (Å²) >= 11 is 0. The molecule has 1 aliphatic heterocycles. The highest BCUT2D eigenvalue weighted by atomic mass is 19.4. The summed E-state index contributed by atoms with van der Waals surface area (Å²) in [6, 6.07) is 5.84. The molecule has 1 aromatic carbocycles. The number of unbranched alkanes of at least 4 members (excludes halogenated alkanes) is 1. The van der Waals surface area contributed by atoms with E-state index in [4.69, 9.17) is 4.74 Å². The molecule has 1 aromatic rings. The van der Waals surface area contributed by atoms with Crippen LogP contribution in [0.3, 0.4) is 0 Å². The minimum Gasteiger partial charge on any atom is -0.497 e. The van der Waals surface area contributed by atoms with Crippen LogP contribution in [0.5, 0.6) is 5.75 Å². The molecule has 2 N–H and O–H groups in total. The Kier molecular flexibility index (Phi) is 6.09. The number of hydrogen-bond donors (Lipinski definition) is 2. The fourth-order valence-electron chi connectivity index (χ4n) is 2.53. The Balaban J connectivity index is 2.20. The maximum Gasteiger partial charge on any atom is 0.438 e. The normalized spacial score (nSPS) is 19.6. The molecule has 0 aromatic heterocycles. The van der Waals surface area contributed by atoms with Crippen molar-refractivity contribution in [1.29, 1.82) is 0 Å². The Morgan fingerprint density at radius 1 is 1.33 bits per heavy atom. The Morgan fingerprint density at radius 2 is 1.96 bits per heavy atom. The fourth-order valence-corrected chi connectivity index (χ4v) is 2.53. The zero-order valence-electron chi connectivity index (χ0n) is 14.8. The largest absolute Gasteiger partial charge is 0.497 e. The molecule has 27 heavy (non-hydrogen) atoms. The summed E-state index contributed by atoms with van der Waals surface area (Å²) in [4.78, 5) is 24.4. The van der Waals surface area contributed by atoms with Gasteiger partial charge in [-0.2, -0.15) is 23.3 Å². The molecule has 0 saturated heterocycles. The van der Waals surface area contributed by atoms with E-state index in [-0.39, 0.29) is 22.8 Å². The van der Waals surface area contributed by atoms with Crippen molar-refractivity contribution in [3.05, 3.63) is 24.3 Å². The summed E-state index contributed by atoms with van der Waals surface area (Å²) in [6.07, 6.45) is -4.60. The number of carbonyl (C=O) groups excluding carboxylic acids is 2. The standard InChI is InChI=1S/C17H20F3N3O4/c1-3-4-5-12-10-16(26,17(18,19)20)23(22-12)15(25)14(24)21-11-6-8-13(27-2)9-7-11/h6-9,26H,3-5,10H2,1-2H3,(H,21,24). The second-order valence-electron chi connectivity index (χ2n) is 6.06. The van der Waals surface area contributed by atoms with E-state index in [2.05, 4.69) is 10.4 Å². The van der Waals surface area contributed by atoms with Crippen LogP contribution >= 0.6 is 0 Å². The minimum absolute atomic E-state index is 0.0160. The van der Waals surface area contributed by atoms with E-state index in [0.29, 0.717) is 18.6 Å². The number of carbonyl (C=O) groups is 2. The van der Waals surface area contributed by atoms with Gasteiger partial charge >= 0.3 is 18.0 Å². The first-order chi connectivity index (χ1) is 12.6. The summed E-state index contributed by atoms with van der Waals surface area (Å²) in [5, 5.41) is 15.7. The third-order valence-electron chi connectivity index (χ3n) is 4.05. The molecule has 1 aliphatic rings. The number of hydrazone groups is 1. The van der Waals surface area contributed by atoms with Gasteiger partial charge in [-0.15, -0.1) is 0 Å². The molecule has 0 radical (unpaired) electrons. The van der Waals surface area contributed by atoms with Crippen LogP contribution in [0.25, 0.3) is 0 Å². The number of alkyl halides is 3. The quantitative estimate of drug-likeness (QED) is 0.760. The first kappa shape index (κ1) is 20.7. The molecule has 2 rings (SSSR count). The number of benzene rings is 1. The smallest absolute Gasteiger partial charge is 0.438 e. The number of methoxy groups -OCH3 is 1. The summed E-state index contributed by atoms with van der Waals surface area (Å²) in [6.45, 7) is 1.84. The maximum absolute atomic E-state index is 13.4. The van der Waals surface area contributed by atoms with Crippen LogP contribution in [0.15, 0.2) is 29.4 Å². The van der Waals surface area contributed by atoms with E-state index in [0.717, 1.165) is 0 Å². The molecule has 0 bridgehead atoms. The number of anilines is 1. The van der Waals surface area contributed by atoms with Gasteiger partial charge in [0.05, 0.1) is 7.11 Å². The average Bonchev–Trinajstić information content (AvgIpc) is 2.97. The van der Waals surface area contributed by atoms with Gasteiger partial charge in [0.25, 0.3) is 5.72 Å². The van der Waals surface area contributed by atoms with Crippen LogP contribution in [0.4, 0.5) is 18.9 Å². The zero-order chi connectivity index (χ0) is 20.2. The lowest BCUT2D eigenvalue weighted by Crippen LogP contribution is -2.58. The number of ether oxygens (including phenoxy) is 1. The molecule has 2 amide bonds. The Labute approximate surface area is 153 Å².